The Bertz CT molecular complexity index is 1300. The zero-order valence-corrected chi connectivity index (χ0v) is 23.0. The summed E-state index contributed by atoms with van der Waals surface area (Å²) in [6.07, 6.45) is 1.60. The van der Waals surface area contributed by atoms with Crippen LogP contribution in [-0.2, 0) is 34.3 Å². The minimum Gasteiger partial charge on any atom is -0.489 e. The number of carbonyl (C=O) groups excluding carboxylic acids is 1. The van der Waals surface area contributed by atoms with E-state index in [4.69, 9.17) is 4.74 Å². The van der Waals surface area contributed by atoms with Gasteiger partial charge in [0.2, 0.25) is 15.9 Å². The van der Waals surface area contributed by atoms with E-state index in [9.17, 15) is 13.2 Å². The summed E-state index contributed by atoms with van der Waals surface area (Å²) in [6.45, 7) is 1.76. The number of benzene rings is 3. The van der Waals surface area contributed by atoms with Crippen LogP contribution in [0.4, 0.5) is 0 Å². The second-order valence-electron chi connectivity index (χ2n) is 8.31. The first-order valence-corrected chi connectivity index (χ1v) is 14.4. The normalized spacial score (nSPS) is 13.7. The van der Waals surface area contributed by atoms with Gasteiger partial charge in [0, 0.05) is 35.0 Å². The van der Waals surface area contributed by atoms with Crippen molar-refractivity contribution in [3.8, 4) is 5.75 Å². The average Bonchev–Trinajstić information content (AvgIpc) is 3.07. The first-order valence-electron chi connectivity index (χ1n) is 11.3. The van der Waals surface area contributed by atoms with Gasteiger partial charge >= 0.3 is 0 Å². The van der Waals surface area contributed by atoms with Crippen LogP contribution in [0.1, 0.15) is 23.1 Å². The lowest BCUT2D eigenvalue weighted by Crippen LogP contribution is -2.36. The quantitative estimate of drug-likeness (QED) is 0.380. The van der Waals surface area contributed by atoms with E-state index >= 15 is 0 Å². The third-order valence-corrected chi connectivity index (χ3v) is 8.84. The van der Waals surface area contributed by atoms with Crippen LogP contribution < -0.4 is 9.46 Å². The molecular weight excluding hydrogens is 596 g/mol. The summed E-state index contributed by atoms with van der Waals surface area (Å²) in [5, 5.41) is 0. The average molecular weight is 622 g/mol. The molecule has 3 aromatic rings. The van der Waals surface area contributed by atoms with E-state index in [1.54, 1.807) is 12.1 Å². The first-order chi connectivity index (χ1) is 16.8. The van der Waals surface area contributed by atoms with Gasteiger partial charge in [0.05, 0.1) is 4.90 Å². The van der Waals surface area contributed by atoms with E-state index in [0.29, 0.717) is 28.6 Å². The van der Waals surface area contributed by atoms with Crippen molar-refractivity contribution in [3.05, 3.63) is 92.4 Å². The van der Waals surface area contributed by atoms with Gasteiger partial charge in [-0.1, -0.05) is 52.3 Å². The molecule has 3 aromatic carbocycles. The fraction of sp³-hybridized carbons (Fsp3) is 0.269. The van der Waals surface area contributed by atoms with Gasteiger partial charge in [-0.15, -0.1) is 0 Å². The van der Waals surface area contributed by atoms with E-state index in [2.05, 4.69) is 48.7 Å². The topological polar surface area (TPSA) is 75.7 Å². The molecule has 0 atom stereocenters. The number of rotatable bonds is 8. The highest BCUT2D eigenvalue weighted by Gasteiger charge is 2.21. The molecule has 6 nitrogen and oxygen atoms in total. The lowest BCUT2D eigenvalue weighted by Gasteiger charge is -2.20. The molecule has 0 spiro atoms. The maximum Gasteiger partial charge on any atom is 0.241 e. The molecule has 0 saturated heterocycles. The molecule has 1 heterocycles. The van der Waals surface area contributed by atoms with Gasteiger partial charge < -0.3 is 9.64 Å². The minimum absolute atomic E-state index is 0.0427. The summed E-state index contributed by atoms with van der Waals surface area (Å²) in [4.78, 5) is 14.8. The summed E-state index contributed by atoms with van der Waals surface area (Å²) in [6, 6.07) is 21.1. The van der Waals surface area contributed by atoms with E-state index < -0.39 is 10.0 Å². The Hall–Kier alpha value is -2.20. The first kappa shape index (κ1) is 25.9. The van der Waals surface area contributed by atoms with Gasteiger partial charge in [-0.2, -0.15) is 0 Å². The lowest BCUT2D eigenvalue weighted by atomic mass is 10.0. The molecule has 0 fully saturated rings. The van der Waals surface area contributed by atoms with E-state index in [1.807, 2.05) is 41.3 Å². The van der Waals surface area contributed by atoms with Crippen LogP contribution in [0.15, 0.2) is 80.6 Å². The molecule has 0 aliphatic carbocycles. The van der Waals surface area contributed by atoms with Crippen molar-refractivity contribution in [3.63, 3.8) is 0 Å². The Morgan fingerprint density at radius 1 is 0.943 bits per heavy atom. The number of sulfonamides is 1. The van der Waals surface area contributed by atoms with E-state index in [-0.39, 0.29) is 23.8 Å². The molecule has 0 bridgehead atoms. The Balaban J connectivity index is 1.30. The molecule has 1 amide bonds. The molecule has 1 aliphatic heterocycles. The molecule has 184 valence electrons. The van der Waals surface area contributed by atoms with Crippen LogP contribution in [0.2, 0.25) is 0 Å². The van der Waals surface area contributed by atoms with Crippen LogP contribution in [0.5, 0.6) is 5.75 Å². The molecule has 0 saturated carbocycles. The molecule has 0 aromatic heterocycles. The largest absolute Gasteiger partial charge is 0.489 e. The van der Waals surface area contributed by atoms with E-state index in [1.165, 1.54) is 17.2 Å². The number of nitrogens with one attached hydrogen (secondary N) is 1. The van der Waals surface area contributed by atoms with Crippen molar-refractivity contribution in [2.24, 2.45) is 0 Å². The Morgan fingerprint density at radius 2 is 1.69 bits per heavy atom. The van der Waals surface area contributed by atoms with Gasteiger partial charge in [-0.05, 0) is 75.8 Å². The Morgan fingerprint density at radius 3 is 2.46 bits per heavy atom. The van der Waals surface area contributed by atoms with Gasteiger partial charge in [-0.25, -0.2) is 13.1 Å². The number of ether oxygens (including phenoxy) is 1. The van der Waals surface area contributed by atoms with Gasteiger partial charge in [-0.3, -0.25) is 4.79 Å². The van der Waals surface area contributed by atoms with Crippen molar-refractivity contribution in [2.45, 2.75) is 30.8 Å². The molecule has 9 heteroatoms. The van der Waals surface area contributed by atoms with Gasteiger partial charge in [0.15, 0.2) is 0 Å². The molecule has 0 radical (unpaired) electrons. The number of nitrogens with zero attached hydrogens (tertiary/aromatic N) is 1. The van der Waals surface area contributed by atoms with Crippen molar-refractivity contribution < 1.29 is 17.9 Å². The van der Waals surface area contributed by atoms with Crippen LogP contribution >= 0.6 is 31.9 Å². The van der Waals surface area contributed by atoms with Crippen molar-refractivity contribution in [2.75, 3.05) is 19.6 Å². The molecule has 1 aliphatic rings. The summed E-state index contributed by atoms with van der Waals surface area (Å²) in [5.41, 5.74) is 3.51. The fourth-order valence-electron chi connectivity index (χ4n) is 3.99. The maximum atomic E-state index is 12.8. The number of fused-ring (bicyclic) bond motifs is 1. The summed E-state index contributed by atoms with van der Waals surface area (Å²) in [7, 11) is -3.73. The second kappa shape index (κ2) is 11.7. The number of hydrogen-bond acceptors (Lipinski definition) is 4. The smallest absolute Gasteiger partial charge is 0.241 e. The van der Waals surface area contributed by atoms with E-state index in [0.717, 1.165) is 24.2 Å². The lowest BCUT2D eigenvalue weighted by molar-refractivity contribution is -0.130. The summed E-state index contributed by atoms with van der Waals surface area (Å²) in [5.74, 6) is 0.759. The second-order valence-corrected chi connectivity index (χ2v) is 11.8. The Labute approximate surface area is 223 Å². The zero-order valence-electron chi connectivity index (χ0n) is 19.0. The van der Waals surface area contributed by atoms with Crippen LogP contribution in [0.3, 0.4) is 0 Å². The molecule has 4 rings (SSSR count). The van der Waals surface area contributed by atoms with Crippen molar-refractivity contribution in [1.82, 2.24) is 9.62 Å². The minimum atomic E-state index is -3.73. The monoisotopic (exact) mass is 620 g/mol. The number of halogens is 2. The zero-order chi connectivity index (χ0) is 24.8. The maximum absolute atomic E-state index is 12.8. The highest BCUT2D eigenvalue weighted by molar-refractivity contribution is 9.11. The van der Waals surface area contributed by atoms with Crippen LogP contribution in [-0.4, -0.2) is 38.9 Å². The molecule has 0 unspecified atom stereocenters. The summed E-state index contributed by atoms with van der Waals surface area (Å²) < 4.78 is 34.9. The van der Waals surface area contributed by atoms with Crippen LogP contribution in [0, 0.1) is 0 Å². The Kier molecular flexibility index (Phi) is 8.64. The molecule has 35 heavy (non-hydrogen) atoms. The number of amides is 1. The third kappa shape index (κ3) is 6.94. The van der Waals surface area contributed by atoms with Gasteiger partial charge in [0.1, 0.15) is 12.4 Å². The molecule has 1 N–H and O–H groups in total. The summed E-state index contributed by atoms with van der Waals surface area (Å²) >= 11 is 6.57. The van der Waals surface area contributed by atoms with Gasteiger partial charge in [0.25, 0.3) is 0 Å². The highest BCUT2D eigenvalue weighted by Crippen LogP contribution is 2.26. The van der Waals surface area contributed by atoms with Crippen molar-refractivity contribution in [1.29, 1.82) is 0 Å². The number of hydrogen-bond donors (Lipinski definition) is 1. The third-order valence-electron chi connectivity index (χ3n) is 5.89. The number of carbonyl (C=O) groups is 1. The van der Waals surface area contributed by atoms with Crippen molar-refractivity contribution >= 4 is 47.8 Å². The predicted molar refractivity (Wildman–Crippen MR) is 143 cm³/mol. The SMILES string of the molecule is O=C(CCNS(=O)(=O)c1cc(Br)ccc1Br)N1CCc2ccc(OCc3ccccc3)cc2CC1. The predicted octanol–water partition coefficient (Wildman–Crippen LogP) is 5.09. The van der Waals surface area contributed by atoms with Crippen LogP contribution in [0.25, 0.3) is 0 Å². The highest BCUT2D eigenvalue weighted by atomic mass is 79.9. The fourth-order valence-corrected chi connectivity index (χ4v) is 6.52. The standard InChI is InChI=1S/C26H26Br2N2O4S/c27-22-7-9-24(28)25(17-22)35(32,33)29-13-10-26(31)30-14-11-20-6-8-23(16-21(20)12-15-30)34-18-19-4-2-1-3-5-19/h1-9,16-17,29H,10-15,18H2. The molecular formula is C26H26Br2N2O4S.